The first-order valence-electron chi connectivity index (χ1n) is 5.67. The second kappa shape index (κ2) is 4.00. The Balaban J connectivity index is 2.13. The standard InChI is InChI=1S/C12H25N/c1-9(2)7-13-8-11-6-12(11,5)10(3)4/h9-11,13H,6-8H2,1-5H3. The molecule has 1 aliphatic carbocycles. The van der Waals surface area contributed by atoms with Crippen molar-refractivity contribution in [3.8, 4) is 0 Å². The molecule has 0 heterocycles. The zero-order valence-electron chi connectivity index (χ0n) is 9.85. The van der Waals surface area contributed by atoms with Crippen molar-refractivity contribution in [1.29, 1.82) is 0 Å². The van der Waals surface area contributed by atoms with Gasteiger partial charge in [-0.05, 0) is 42.7 Å². The Labute approximate surface area is 83.3 Å². The van der Waals surface area contributed by atoms with Gasteiger partial charge in [0.15, 0.2) is 0 Å². The van der Waals surface area contributed by atoms with E-state index in [9.17, 15) is 0 Å². The lowest BCUT2D eigenvalue weighted by Crippen LogP contribution is -2.24. The average Bonchev–Trinajstić information content (AvgIpc) is 2.63. The van der Waals surface area contributed by atoms with Crippen LogP contribution in [0.5, 0.6) is 0 Å². The Morgan fingerprint density at radius 3 is 2.31 bits per heavy atom. The predicted octanol–water partition coefficient (Wildman–Crippen LogP) is 2.91. The van der Waals surface area contributed by atoms with Crippen LogP contribution in [0.2, 0.25) is 0 Å². The van der Waals surface area contributed by atoms with Crippen LogP contribution in [0.15, 0.2) is 0 Å². The predicted molar refractivity (Wildman–Crippen MR) is 58.8 cm³/mol. The molecule has 0 spiro atoms. The SMILES string of the molecule is CC(C)CNCC1CC1(C)C(C)C. The van der Waals surface area contributed by atoms with Gasteiger partial charge < -0.3 is 5.32 Å². The Kier molecular flexibility index (Phi) is 3.39. The molecule has 2 unspecified atom stereocenters. The molecule has 1 saturated carbocycles. The highest BCUT2D eigenvalue weighted by molar-refractivity contribution is 5.01. The van der Waals surface area contributed by atoms with Crippen molar-refractivity contribution in [2.24, 2.45) is 23.2 Å². The lowest BCUT2D eigenvalue weighted by molar-refractivity contribution is 0.349. The van der Waals surface area contributed by atoms with Gasteiger partial charge in [-0.1, -0.05) is 34.6 Å². The van der Waals surface area contributed by atoms with E-state index in [0.29, 0.717) is 5.41 Å². The second-order valence-corrected chi connectivity index (χ2v) is 5.61. The van der Waals surface area contributed by atoms with E-state index in [4.69, 9.17) is 0 Å². The van der Waals surface area contributed by atoms with Crippen LogP contribution >= 0.6 is 0 Å². The van der Waals surface area contributed by atoms with Crippen molar-refractivity contribution in [2.45, 2.75) is 41.0 Å². The number of rotatable bonds is 5. The highest BCUT2D eigenvalue weighted by Gasteiger charge is 2.51. The van der Waals surface area contributed by atoms with E-state index in [2.05, 4.69) is 39.9 Å². The van der Waals surface area contributed by atoms with E-state index < -0.39 is 0 Å². The van der Waals surface area contributed by atoms with Gasteiger partial charge in [-0.25, -0.2) is 0 Å². The molecule has 1 nitrogen and oxygen atoms in total. The molecule has 0 amide bonds. The van der Waals surface area contributed by atoms with Crippen molar-refractivity contribution in [3.05, 3.63) is 0 Å². The van der Waals surface area contributed by atoms with Crippen LogP contribution in [0.3, 0.4) is 0 Å². The summed E-state index contributed by atoms with van der Waals surface area (Å²) in [5.74, 6) is 2.56. The molecule has 0 radical (unpaired) electrons. The number of hydrogen-bond donors (Lipinski definition) is 1. The normalized spacial score (nSPS) is 33.0. The third-order valence-corrected chi connectivity index (χ3v) is 3.72. The van der Waals surface area contributed by atoms with Crippen LogP contribution < -0.4 is 5.32 Å². The Morgan fingerprint density at radius 2 is 1.92 bits per heavy atom. The van der Waals surface area contributed by atoms with E-state index in [-0.39, 0.29) is 0 Å². The van der Waals surface area contributed by atoms with E-state index in [0.717, 1.165) is 17.8 Å². The lowest BCUT2D eigenvalue weighted by Gasteiger charge is -2.16. The van der Waals surface area contributed by atoms with E-state index >= 15 is 0 Å². The fraction of sp³-hybridized carbons (Fsp3) is 1.00. The number of hydrogen-bond acceptors (Lipinski definition) is 1. The Morgan fingerprint density at radius 1 is 1.31 bits per heavy atom. The topological polar surface area (TPSA) is 12.0 Å². The second-order valence-electron chi connectivity index (χ2n) is 5.61. The molecule has 1 rings (SSSR count). The molecule has 0 saturated heterocycles. The molecule has 1 heteroatoms. The first-order valence-corrected chi connectivity index (χ1v) is 5.67. The molecule has 0 aliphatic heterocycles. The fourth-order valence-electron chi connectivity index (χ4n) is 2.03. The summed E-state index contributed by atoms with van der Waals surface area (Å²) < 4.78 is 0. The van der Waals surface area contributed by atoms with Crippen LogP contribution in [0.4, 0.5) is 0 Å². The van der Waals surface area contributed by atoms with Crippen LogP contribution in [0.1, 0.15) is 41.0 Å². The van der Waals surface area contributed by atoms with E-state index in [1.807, 2.05) is 0 Å². The van der Waals surface area contributed by atoms with Crippen LogP contribution in [-0.2, 0) is 0 Å². The molecule has 0 aromatic rings. The zero-order chi connectivity index (χ0) is 10.1. The molecule has 13 heavy (non-hydrogen) atoms. The molecule has 2 atom stereocenters. The monoisotopic (exact) mass is 183 g/mol. The molecule has 0 aromatic heterocycles. The molecule has 1 aliphatic rings. The molecular formula is C12H25N. The molecular weight excluding hydrogens is 158 g/mol. The zero-order valence-corrected chi connectivity index (χ0v) is 9.85. The quantitative estimate of drug-likeness (QED) is 0.691. The summed E-state index contributed by atoms with van der Waals surface area (Å²) >= 11 is 0. The van der Waals surface area contributed by atoms with E-state index in [1.165, 1.54) is 19.5 Å². The van der Waals surface area contributed by atoms with Crippen molar-refractivity contribution in [3.63, 3.8) is 0 Å². The molecule has 0 aromatic carbocycles. The van der Waals surface area contributed by atoms with Gasteiger partial charge in [0.05, 0.1) is 0 Å². The van der Waals surface area contributed by atoms with E-state index in [1.54, 1.807) is 0 Å². The summed E-state index contributed by atoms with van der Waals surface area (Å²) in [6.07, 6.45) is 1.43. The molecule has 1 N–H and O–H groups in total. The van der Waals surface area contributed by atoms with Gasteiger partial charge >= 0.3 is 0 Å². The molecule has 78 valence electrons. The maximum atomic E-state index is 3.56. The van der Waals surface area contributed by atoms with Crippen LogP contribution in [-0.4, -0.2) is 13.1 Å². The van der Waals surface area contributed by atoms with Crippen molar-refractivity contribution in [1.82, 2.24) is 5.32 Å². The minimum atomic E-state index is 0.643. The van der Waals surface area contributed by atoms with Crippen molar-refractivity contribution >= 4 is 0 Å². The lowest BCUT2D eigenvalue weighted by atomic mass is 9.92. The minimum absolute atomic E-state index is 0.643. The summed E-state index contributed by atoms with van der Waals surface area (Å²) in [7, 11) is 0. The van der Waals surface area contributed by atoms with Gasteiger partial charge in [0.1, 0.15) is 0 Å². The largest absolute Gasteiger partial charge is 0.316 e. The van der Waals surface area contributed by atoms with Gasteiger partial charge in [0.25, 0.3) is 0 Å². The van der Waals surface area contributed by atoms with Crippen LogP contribution in [0.25, 0.3) is 0 Å². The highest BCUT2D eigenvalue weighted by atomic mass is 14.9. The van der Waals surface area contributed by atoms with Gasteiger partial charge in [0.2, 0.25) is 0 Å². The Hall–Kier alpha value is -0.0400. The third-order valence-electron chi connectivity index (χ3n) is 3.72. The smallest absolute Gasteiger partial charge is 0.00149 e. The summed E-state index contributed by atoms with van der Waals surface area (Å²) in [6, 6.07) is 0. The summed E-state index contributed by atoms with van der Waals surface area (Å²) in [6.45, 7) is 14.1. The first-order chi connectivity index (χ1) is 5.97. The molecule has 0 bridgehead atoms. The van der Waals surface area contributed by atoms with Crippen LogP contribution in [0, 0.1) is 23.2 Å². The Bertz CT molecular complexity index is 163. The average molecular weight is 183 g/mol. The summed E-state index contributed by atoms with van der Waals surface area (Å²) in [5.41, 5.74) is 0.643. The minimum Gasteiger partial charge on any atom is -0.316 e. The highest BCUT2D eigenvalue weighted by Crippen LogP contribution is 2.56. The third kappa shape index (κ3) is 2.70. The maximum absolute atomic E-state index is 3.56. The summed E-state index contributed by atoms with van der Waals surface area (Å²) in [5, 5.41) is 3.56. The maximum Gasteiger partial charge on any atom is -0.00149 e. The number of nitrogens with one attached hydrogen (secondary N) is 1. The van der Waals surface area contributed by atoms with Crippen molar-refractivity contribution in [2.75, 3.05) is 13.1 Å². The first kappa shape index (κ1) is 11.0. The fourth-order valence-corrected chi connectivity index (χ4v) is 2.03. The molecule has 1 fully saturated rings. The summed E-state index contributed by atoms with van der Waals surface area (Å²) in [4.78, 5) is 0. The van der Waals surface area contributed by atoms with Gasteiger partial charge in [0, 0.05) is 0 Å². The van der Waals surface area contributed by atoms with Gasteiger partial charge in [-0.3, -0.25) is 0 Å². The van der Waals surface area contributed by atoms with Gasteiger partial charge in [-0.2, -0.15) is 0 Å². The van der Waals surface area contributed by atoms with Gasteiger partial charge in [-0.15, -0.1) is 0 Å². The van der Waals surface area contributed by atoms with Crippen molar-refractivity contribution < 1.29 is 0 Å².